The molecule has 0 spiro atoms. The Labute approximate surface area is 106 Å². The minimum Gasteiger partial charge on any atom is -0.480 e. The summed E-state index contributed by atoms with van der Waals surface area (Å²) < 4.78 is 18.5. The van der Waals surface area contributed by atoms with Crippen LogP contribution in [0.15, 0.2) is 18.2 Å². The standard InChI is InChI=1S/C13H18FNO3/c1-9(2)6-15-12(17)8-18-13-10(7-16)4-3-5-11(13)14/h3-5,9,16H,6-8H2,1-2H3,(H,15,17). The van der Waals surface area contributed by atoms with Crippen LogP contribution >= 0.6 is 0 Å². The third-order valence-electron chi connectivity index (χ3n) is 2.27. The predicted octanol–water partition coefficient (Wildman–Crippen LogP) is 1.47. The first-order valence-electron chi connectivity index (χ1n) is 5.82. The second-order valence-electron chi connectivity index (χ2n) is 4.37. The van der Waals surface area contributed by atoms with E-state index >= 15 is 0 Å². The van der Waals surface area contributed by atoms with E-state index in [1.807, 2.05) is 13.8 Å². The molecule has 0 saturated carbocycles. The van der Waals surface area contributed by atoms with Gasteiger partial charge in [-0.15, -0.1) is 0 Å². The van der Waals surface area contributed by atoms with Gasteiger partial charge in [-0.05, 0) is 12.0 Å². The fourth-order valence-electron chi connectivity index (χ4n) is 1.35. The molecule has 1 amide bonds. The molecule has 18 heavy (non-hydrogen) atoms. The van der Waals surface area contributed by atoms with Gasteiger partial charge in [0.1, 0.15) is 0 Å². The molecule has 0 aromatic heterocycles. The molecule has 0 atom stereocenters. The highest BCUT2D eigenvalue weighted by atomic mass is 19.1. The van der Waals surface area contributed by atoms with E-state index in [0.717, 1.165) is 0 Å². The van der Waals surface area contributed by atoms with Crippen LogP contribution in [0.1, 0.15) is 19.4 Å². The monoisotopic (exact) mass is 255 g/mol. The highest BCUT2D eigenvalue weighted by Gasteiger charge is 2.11. The maximum Gasteiger partial charge on any atom is 0.257 e. The van der Waals surface area contributed by atoms with Gasteiger partial charge in [0, 0.05) is 12.1 Å². The van der Waals surface area contributed by atoms with Gasteiger partial charge in [-0.25, -0.2) is 4.39 Å². The molecular formula is C13H18FNO3. The summed E-state index contributed by atoms with van der Waals surface area (Å²) >= 11 is 0. The molecule has 0 aliphatic rings. The number of carbonyl (C=O) groups excluding carboxylic acids is 1. The maximum absolute atomic E-state index is 13.4. The van der Waals surface area contributed by atoms with E-state index in [0.29, 0.717) is 18.0 Å². The maximum atomic E-state index is 13.4. The van der Waals surface area contributed by atoms with Crippen molar-refractivity contribution in [3.63, 3.8) is 0 Å². The first-order chi connectivity index (χ1) is 8.54. The molecule has 4 nitrogen and oxygen atoms in total. The van der Waals surface area contributed by atoms with Gasteiger partial charge in [-0.1, -0.05) is 26.0 Å². The van der Waals surface area contributed by atoms with E-state index in [1.54, 1.807) is 6.07 Å². The number of aliphatic hydroxyl groups is 1. The van der Waals surface area contributed by atoms with E-state index in [-0.39, 0.29) is 24.9 Å². The van der Waals surface area contributed by atoms with E-state index < -0.39 is 5.82 Å². The second kappa shape index (κ2) is 6.96. The highest BCUT2D eigenvalue weighted by Crippen LogP contribution is 2.22. The Balaban J connectivity index is 2.55. The fraction of sp³-hybridized carbons (Fsp3) is 0.462. The molecule has 1 aromatic rings. The van der Waals surface area contributed by atoms with E-state index in [1.165, 1.54) is 12.1 Å². The number of benzene rings is 1. The summed E-state index contributed by atoms with van der Waals surface area (Å²) in [6, 6.07) is 4.25. The lowest BCUT2D eigenvalue weighted by atomic mass is 10.2. The SMILES string of the molecule is CC(C)CNC(=O)COc1c(F)cccc1CO. The molecule has 0 radical (unpaired) electrons. The third-order valence-corrected chi connectivity index (χ3v) is 2.27. The van der Waals surface area contributed by atoms with Gasteiger partial charge < -0.3 is 15.2 Å². The Kier molecular flexibility index (Phi) is 5.58. The van der Waals surface area contributed by atoms with Crippen molar-refractivity contribution in [3.05, 3.63) is 29.6 Å². The van der Waals surface area contributed by atoms with Gasteiger partial charge in [0.15, 0.2) is 18.2 Å². The Morgan fingerprint density at radius 3 is 2.83 bits per heavy atom. The van der Waals surface area contributed by atoms with Crippen molar-refractivity contribution >= 4 is 5.91 Å². The van der Waals surface area contributed by atoms with E-state index in [4.69, 9.17) is 9.84 Å². The number of rotatable bonds is 6. The smallest absolute Gasteiger partial charge is 0.257 e. The minimum absolute atomic E-state index is 0.0697. The van der Waals surface area contributed by atoms with Crippen LogP contribution in [-0.4, -0.2) is 24.2 Å². The summed E-state index contributed by atoms with van der Waals surface area (Å²) in [6.07, 6.45) is 0. The largest absolute Gasteiger partial charge is 0.480 e. The van der Waals surface area contributed by atoms with Crippen molar-refractivity contribution < 1.29 is 19.0 Å². The molecule has 0 aliphatic carbocycles. The average Bonchev–Trinajstić information content (AvgIpc) is 2.34. The molecular weight excluding hydrogens is 237 g/mol. The van der Waals surface area contributed by atoms with Gasteiger partial charge >= 0.3 is 0 Å². The van der Waals surface area contributed by atoms with Crippen LogP contribution in [0.3, 0.4) is 0 Å². The van der Waals surface area contributed by atoms with Crippen LogP contribution in [0.2, 0.25) is 0 Å². The molecule has 1 aromatic carbocycles. The summed E-state index contributed by atoms with van der Waals surface area (Å²) in [6.45, 7) is 3.90. The van der Waals surface area contributed by atoms with Crippen LogP contribution in [0, 0.1) is 11.7 Å². The molecule has 100 valence electrons. The summed E-state index contributed by atoms with van der Waals surface area (Å²) in [5, 5.41) is 11.7. The average molecular weight is 255 g/mol. The second-order valence-corrected chi connectivity index (χ2v) is 4.37. The van der Waals surface area contributed by atoms with Crippen molar-refractivity contribution in [1.29, 1.82) is 0 Å². The zero-order chi connectivity index (χ0) is 13.5. The van der Waals surface area contributed by atoms with E-state index in [9.17, 15) is 9.18 Å². The van der Waals surface area contributed by atoms with Crippen molar-refractivity contribution in [1.82, 2.24) is 5.32 Å². The van der Waals surface area contributed by atoms with Crippen LogP contribution in [-0.2, 0) is 11.4 Å². The first-order valence-corrected chi connectivity index (χ1v) is 5.82. The topological polar surface area (TPSA) is 58.6 Å². The summed E-state index contributed by atoms with van der Waals surface area (Å²) in [5.74, 6) is -0.621. The van der Waals surface area contributed by atoms with Gasteiger partial charge in [0.25, 0.3) is 5.91 Å². The Bertz CT molecular complexity index is 407. The zero-order valence-electron chi connectivity index (χ0n) is 10.6. The minimum atomic E-state index is -0.585. The van der Waals surface area contributed by atoms with Gasteiger partial charge in [0.2, 0.25) is 0 Å². The predicted molar refractivity (Wildman–Crippen MR) is 65.7 cm³/mol. The zero-order valence-corrected chi connectivity index (χ0v) is 10.6. The summed E-state index contributed by atoms with van der Waals surface area (Å²) in [7, 11) is 0. The molecule has 0 saturated heterocycles. The van der Waals surface area contributed by atoms with Gasteiger partial charge in [0.05, 0.1) is 6.61 Å². The number of amides is 1. The molecule has 0 heterocycles. The number of hydrogen-bond acceptors (Lipinski definition) is 3. The molecule has 1 rings (SSSR count). The molecule has 0 aliphatic heterocycles. The van der Waals surface area contributed by atoms with Gasteiger partial charge in [-0.3, -0.25) is 4.79 Å². The number of hydrogen-bond donors (Lipinski definition) is 2. The van der Waals surface area contributed by atoms with Crippen LogP contribution in [0.25, 0.3) is 0 Å². The fourth-order valence-corrected chi connectivity index (χ4v) is 1.35. The number of carbonyl (C=O) groups is 1. The molecule has 2 N–H and O–H groups in total. The third kappa shape index (κ3) is 4.33. The van der Waals surface area contributed by atoms with Crippen molar-refractivity contribution in [2.24, 2.45) is 5.92 Å². The Hall–Kier alpha value is -1.62. The van der Waals surface area contributed by atoms with E-state index in [2.05, 4.69) is 5.32 Å². The molecule has 5 heteroatoms. The number of halogens is 1. The number of nitrogens with one attached hydrogen (secondary N) is 1. The van der Waals surface area contributed by atoms with Crippen LogP contribution < -0.4 is 10.1 Å². The lowest BCUT2D eigenvalue weighted by Crippen LogP contribution is -2.32. The van der Waals surface area contributed by atoms with Crippen molar-refractivity contribution in [2.45, 2.75) is 20.5 Å². The molecule has 0 fully saturated rings. The molecule has 0 bridgehead atoms. The lowest BCUT2D eigenvalue weighted by Gasteiger charge is -2.11. The molecule has 0 unspecified atom stereocenters. The quantitative estimate of drug-likeness (QED) is 0.809. The van der Waals surface area contributed by atoms with Crippen molar-refractivity contribution in [2.75, 3.05) is 13.2 Å². The van der Waals surface area contributed by atoms with Crippen LogP contribution in [0.4, 0.5) is 4.39 Å². The Morgan fingerprint density at radius 2 is 2.22 bits per heavy atom. The summed E-state index contributed by atoms with van der Waals surface area (Å²) in [5.41, 5.74) is 0.326. The summed E-state index contributed by atoms with van der Waals surface area (Å²) in [4.78, 5) is 11.4. The number of aliphatic hydroxyl groups excluding tert-OH is 1. The normalized spacial score (nSPS) is 10.5. The Morgan fingerprint density at radius 1 is 1.50 bits per heavy atom. The van der Waals surface area contributed by atoms with Crippen molar-refractivity contribution in [3.8, 4) is 5.75 Å². The van der Waals surface area contributed by atoms with Gasteiger partial charge in [-0.2, -0.15) is 0 Å². The lowest BCUT2D eigenvalue weighted by molar-refractivity contribution is -0.123. The van der Waals surface area contributed by atoms with Crippen LogP contribution in [0.5, 0.6) is 5.75 Å². The first kappa shape index (κ1) is 14.4. The highest BCUT2D eigenvalue weighted by molar-refractivity contribution is 5.77. The number of ether oxygens (including phenoxy) is 1. The number of para-hydroxylation sites is 1.